The van der Waals surface area contributed by atoms with Crippen molar-refractivity contribution in [3.63, 3.8) is 0 Å². The predicted octanol–water partition coefficient (Wildman–Crippen LogP) is 5.43. The SMILES string of the molecule is O=C(OC1CCCc2cc(C(F)(F)F)ccc21)[C@@H]1CCCN1C(=O)OCc1ccccc1. The molecule has 0 bridgehead atoms. The number of carbonyl (C=O) groups excluding carboxylic acids is 2. The minimum atomic E-state index is -4.41. The Morgan fingerprint density at radius 1 is 1.03 bits per heavy atom. The Morgan fingerprint density at radius 3 is 2.56 bits per heavy atom. The van der Waals surface area contributed by atoms with Gasteiger partial charge in [0, 0.05) is 6.54 Å². The Labute approximate surface area is 184 Å². The molecule has 0 spiro atoms. The van der Waals surface area contributed by atoms with Crippen molar-refractivity contribution >= 4 is 12.1 Å². The monoisotopic (exact) mass is 447 g/mol. The summed E-state index contributed by atoms with van der Waals surface area (Å²) >= 11 is 0. The Kier molecular flexibility index (Phi) is 6.39. The van der Waals surface area contributed by atoms with E-state index < -0.39 is 35.9 Å². The standard InChI is InChI=1S/C24H24F3NO4/c25-24(26,27)18-11-12-19-17(14-18)8-4-10-21(19)32-22(29)20-9-5-13-28(20)23(30)31-15-16-6-2-1-3-7-16/h1-3,6-7,11-12,14,20-21H,4-5,8-10,13,15H2/t20-,21?/m0/s1. The minimum absolute atomic E-state index is 0.107. The maximum atomic E-state index is 13.0. The number of ether oxygens (including phenoxy) is 2. The van der Waals surface area contributed by atoms with Gasteiger partial charge in [-0.05, 0) is 60.9 Å². The zero-order valence-electron chi connectivity index (χ0n) is 17.4. The zero-order valence-corrected chi connectivity index (χ0v) is 17.4. The van der Waals surface area contributed by atoms with Crippen LogP contribution < -0.4 is 0 Å². The van der Waals surface area contributed by atoms with Crippen LogP contribution >= 0.6 is 0 Å². The highest BCUT2D eigenvalue weighted by Gasteiger charge is 2.38. The van der Waals surface area contributed by atoms with Gasteiger partial charge in [-0.15, -0.1) is 0 Å². The van der Waals surface area contributed by atoms with E-state index >= 15 is 0 Å². The second kappa shape index (κ2) is 9.22. The van der Waals surface area contributed by atoms with Crippen LogP contribution in [0.4, 0.5) is 18.0 Å². The van der Waals surface area contributed by atoms with Gasteiger partial charge in [0.2, 0.25) is 0 Å². The van der Waals surface area contributed by atoms with Crippen molar-refractivity contribution in [1.82, 2.24) is 4.90 Å². The summed E-state index contributed by atoms with van der Waals surface area (Å²) < 4.78 is 50.1. The van der Waals surface area contributed by atoms with E-state index in [1.54, 1.807) is 0 Å². The summed E-state index contributed by atoms with van der Waals surface area (Å²) in [7, 11) is 0. The first kappa shape index (κ1) is 22.2. The van der Waals surface area contributed by atoms with Crippen molar-refractivity contribution in [3.05, 3.63) is 70.8 Å². The second-order valence-corrected chi connectivity index (χ2v) is 8.12. The molecule has 0 aromatic heterocycles. The Balaban J connectivity index is 1.41. The van der Waals surface area contributed by atoms with Crippen molar-refractivity contribution in [1.29, 1.82) is 0 Å². The normalized spacial score (nSPS) is 20.5. The molecule has 2 atom stereocenters. The van der Waals surface area contributed by atoms with E-state index in [0.717, 1.165) is 17.7 Å². The third kappa shape index (κ3) is 4.89. The first-order valence-corrected chi connectivity index (χ1v) is 10.7. The van der Waals surface area contributed by atoms with Crippen molar-refractivity contribution in [3.8, 4) is 0 Å². The zero-order chi connectivity index (χ0) is 22.7. The highest BCUT2D eigenvalue weighted by molar-refractivity contribution is 5.82. The van der Waals surface area contributed by atoms with Gasteiger partial charge in [0.15, 0.2) is 0 Å². The molecule has 1 amide bonds. The molecule has 2 aliphatic rings. The van der Waals surface area contributed by atoms with Gasteiger partial charge in [-0.2, -0.15) is 13.2 Å². The molecular weight excluding hydrogens is 423 g/mol. The van der Waals surface area contributed by atoms with Gasteiger partial charge in [-0.25, -0.2) is 9.59 Å². The number of rotatable bonds is 4. The van der Waals surface area contributed by atoms with Crippen molar-refractivity contribution in [2.45, 2.75) is 57.0 Å². The smallest absolute Gasteiger partial charge is 0.416 e. The molecule has 170 valence electrons. The first-order chi connectivity index (χ1) is 15.3. The van der Waals surface area contributed by atoms with Crippen LogP contribution in [0.25, 0.3) is 0 Å². The van der Waals surface area contributed by atoms with Crippen molar-refractivity contribution < 1.29 is 32.2 Å². The summed E-state index contributed by atoms with van der Waals surface area (Å²) in [6, 6.07) is 12.0. The summed E-state index contributed by atoms with van der Waals surface area (Å²) in [5, 5.41) is 0. The predicted molar refractivity (Wildman–Crippen MR) is 110 cm³/mol. The molecule has 5 nitrogen and oxygen atoms in total. The maximum absolute atomic E-state index is 13.0. The van der Waals surface area contributed by atoms with Crippen molar-refractivity contribution in [2.24, 2.45) is 0 Å². The highest BCUT2D eigenvalue weighted by atomic mass is 19.4. The second-order valence-electron chi connectivity index (χ2n) is 8.12. The van der Waals surface area contributed by atoms with E-state index in [0.29, 0.717) is 49.8 Å². The van der Waals surface area contributed by atoms with Gasteiger partial charge in [0.25, 0.3) is 0 Å². The number of aryl methyl sites for hydroxylation is 1. The number of likely N-dealkylation sites (tertiary alicyclic amines) is 1. The number of hydrogen-bond acceptors (Lipinski definition) is 4. The fourth-order valence-electron chi connectivity index (χ4n) is 4.32. The number of benzene rings is 2. The number of hydrogen-bond donors (Lipinski definition) is 0. The van der Waals surface area contributed by atoms with Crippen LogP contribution in [0.5, 0.6) is 0 Å². The van der Waals surface area contributed by atoms with Gasteiger partial charge in [0.05, 0.1) is 5.56 Å². The summed E-state index contributed by atoms with van der Waals surface area (Å²) in [5.74, 6) is -0.545. The third-order valence-corrected chi connectivity index (χ3v) is 5.95. The van der Waals surface area contributed by atoms with E-state index in [1.165, 1.54) is 11.0 Å². The van der Waals surface area contributed by atoms with Crippen LogP contribution in [-0.2, 0) is 33.5 Å². The summed E-state index contributed by atoms with van der Waals surface area (Å²) in [6.07, 6.45) is -2.82. The Morgan fingerprint density at radius 2 is 1.81 bits per heavy atom. The Bertz CT molecular complexity index is 977. The molecule has 0 N–H and O–H groups in total. The lowest BCUT2D eigenvalue weighted by Crippen LogP contribution is -2.42. The largest absolute Gasteiger partial charge is 0.456 e. The molecule has 1 heterocycles. The molecule has 1 aliphatic heterocycles. The van der Waals surface area contributed by atoms with Crippen LogP contribution in [0.15, 0.2) is 48.5 Å². The molecular formula is C24H24F3NO4. The molecule has 0 saturated carbocycles. The van der Waals surface area contributed by atoms with Crippen LogP contribution in [0, 0.1) is 0 Å². The number of carbonyl (C=O) groups is 2. The number of halogens is 3. The van der Waals surface area contributed by atoms with Gasteiger partial charge in [-0.3, -0.25) is 4.90 Å². The number of alkyl halides is 3. The molecule has 1 unspecified atom stereocenters. The Hall–Kier alpha value is -3.03. The number of nitrogens with zero attached hydrogens (tertiary/aromatic N) is 1. The fourth-order valence-corrected chi connectivity index (χ4v) is 4.32. The summed E-state index contributed by atoms with van der Waals surface area (Å²) in [4.78, 5) is 26.8. The molecule has 8 heteroatoms. The summed E-state index contributed by atoms with van der Waals surface area (Å²) in [5.41, 5.74) is 1.30. The molecule has 32 heavy (non-hydrogen) atoms. The van der Waals surface area contributed by atoms with E-state index in [-0.39, 0.29) is 6.61 Å². The molecule has 1 aliphatic carbocycles. The number of esters is 1. The van der Waals surface area contributed by atoms with E-state index in [4.69, 9.17) is 9.47 Å². The van der Waals surface area contributed by atoms with E-state index in [2.05, 4.69) is 0 Å². The topological polar surface area (TPSA) is 55.8 Å². The number of amides is 1. The first-order valence-electron chi connectivity index (χ1n) is 10.7. The van der Waals surface area contributed by atoms with Crippen LogP contribution in [-0.4, -0.2) is 29.5 Å². The quantitative estimate of drug-likeness (QED) is 0.587. The van der Waals surface area contributed by atoms with Gasteiger partial charge in [-0.1, -0.05) is 36.4 Å². The molecule has 1 saturated heterocycles. The summed E-state index contributed by atoms with van der Waals surface area (Å²) in [6.45, 7) is 0.499. The van der Waals surface area contributed by atoms with Crippen LogP contribution in [0.2, 0.25) is 0 Å². The molecule has 2 aromatic rings. The lowest BCUT2D eigenvalue weighted by molar-refractivity contribution is -0.155. The molecule has 1 fully saturated rings. The lowest BCUT2D eigenvalue weighted by atomic mass is 9.88. The third-order valence-electron chi connectivity index (χ3n) is 5.95. The minimum Gasteiger partial charge on any atom is -0.456 e. The van der Waals surface area contributed by atoms with Gasteiger partial charge < -0.3 is 9.47 Å². The van der Waals surface area contributed by atoms with Crippen LogP contribution in [0.1, 0.15) is 54.0 Å². The van der Waals surface area contributed by atoms with Crippen LogP contribution in [0.3, 0.4) is 0 Å². The molecule has 2 aromatic carbocycles. The average Bonchev–Trinajstić information content (AvgIpc) is 3.28. The molecule has 0 radical (unpaired) electrons. The molecule has 4 rings (SSSR count). The number of fused-ring (bicyclic) bond motifs is 1. The fraction of sp³-hybridized carbons (Fsp3) is 0.417. The average molecular weight is 447 g/mol. The highest BCUT2D eigenvalue weighted by Crippen LogP contribution is 2.37. The lowest BCUT2D eigenvalue weighted by Gasteiger charge is -2.29. The van der Waals surface area contributed by atoms with Crippen molar-refractivity contribution in [2.75, 3.05) is 6.54 Å². The van der Waals surface area contributed by atoms with Gasteiger partial charge >= 0.3 is 18.2 Å². The van der Waals surface area contributed by atoms with E-state index in [1.807, 2.05) is 30.3 Å². The van der Waals surface area contributed by atoms with E-state index in [9.17, 15) is 22.8 Å². The van der Waals surface area contributed by atoms with Gasteiger partial charge in [0.1, 0.15) is 18.8 Å². The maximum Gasteiger partial charge on any atom is 0.416 e.